The summed E-state index contributed by atoms with van der Waals surface area (Å²) in [6.45, 7) is 0. The number of nitrogens with zero attached hydrogens (tertiary/aromatic N) is 2. The molecule has 0 bridgehead atoms. The molecule has 1 aliphatic heterocycles. The Morgan fingerprint density at radius 1 is 1.27 bits per heavy atom. The van der Waals surface area contributed by atoms with Crippen LogP contribution in [0.5, 0.6) is 0 Å². The van der Waals surface area contributed by atoms with Crippen molar-refractivity contribution in [2.24, 2.45) is 0 Å². The zero-order valence-electron chi connectivity index (χ0n) is 5.61. The van der Waals surface area contributed by atoms with Crippen molar-refractivity contribution in [2.45, 2.75) is 0 Å². The average Bonchev–Trinajstić information content (AvgIpc) is 2.64. The predicted octanol–water partition coefficient (Wildman–Crippen LogP) is 1.65. The molecule has 1 aliphatic rings. The second-order valence-electron chi connectivity index (χ2n) is 2.37. The zero-order valence-corrected chi connectivity index (χ0v) is 6.43. The van der Waals surface area contributed by atoms with Gasteiger partial charge in [-0.2, -0.15) is 0 Å². The number of rotatable bonds is 0. The van der Waals surface area contributed by atoms with E-state index in [4.69, 9.17) is 0 Å². The summed E-state index contributed by atoms with van der Waals surface area (Å²) in [5.74, 6) is 0.973. The van der Waals surface area contributed by atoms with Gasteiger partial charge in [0.05, 0.1) is 11.0 Å². The number of anilines is 1. The molecule has 2 aromatic rings. The lowest BCUT2D eigenvalue weighted by Crippen LogP contribution is -1.80. The fraction of sp³-hybridized carbons (Fsp3) is 0. The van der Waals surface area contributed by atoms with Crippen molar-refractivity contribution in [1.82, 2.24) is 9.66 Å². The largest absolute Gasteiger partial charge is 0.258 e. The average molecular weight is 168 g/mol. The highest BCUT2D eigenvalue weighted by Gasteiger charge is 2.20. The highest BCUT2D eigenvalue weighted by molar-refractivity contribution is 5.85. The van der Waals surface area contributed by atoms with Crippen LogP contribution in [0.2, 0.25) is 0 Å². The van der Waals surface area contributed by atoms with Crippen molar-refractivity contribution in [3.63, 3.8) is 0 Å². The van der Waals surface area contributed by atoms with E-state index in [9.17, 15) is 0 Å². The molecule has 0 aliphatic carbocycles. The standard InChI is InChI=1S/C7H5N3.ClH/c1-2-4-6-5(3-1)8-7-9-10(6)7;/h1-4H,(H,8,9);1H. The Kier molecular flexibility index (Phi) is 1.11. The van der Waals surface area contributed by atoms with Crippen molar-refractivity contribution >= 4 is 29.4 Å². The highest BCUT2D eigenvalue weighted by Crippen LogP contribution is 2.26. The van der Waals surface area contributed by atoms with Crippen LogP contribution in [0.4, 0.5) is 5.95 Å². The second-order valence-corrected chi connectivity index (χ2v) is 2.37. The molecule has 11 heavy (non-hydrogen) atoms. The van der Waals surface area contributed by atoms with Gasteiger partial charge in [-0.05, 0) is 12.1 Å². The molecule has 0 spiro atoms. The van der Waals surface area contributed by atoms with Crippen molar-refractivity contribution < 1.29 is 0 Å². The van der Waals surface area contributed by atoms with E-state index in [-0.39, 0.29) is 12.4 Å². The molecule has 3 nitrogen and oxygen atoms in total. The summed E-state index contributed by atoms with van der Waals surface area (Å²) in [5, 5.41) is 0. The molecular weight excluding hydrogens is 162 g/mol. The quantitative estimate of drug-likeness (QED) is 0.517. The van der Waals surface area contributed by atoms with E-state index in [1.165, 1.54) is 0 Å². The smallest absolute Gasteiger partial charge is 0.243 e. The summed E-state index contributed by atoms with van der Waals surface area (Å²) in [6.07, 6.45) is 0. The van der Waals surface area contributed by atoms with E-state index in [0.717, 1.165) is 17.0 Å². The summed E-state index contributed by atoms with van der Waals surface area (Å²) >= 11 is 0. The third-order valence-electron chi connectivity index (χ3n) is 1.72. The van der Waals surface area contributed by atoms with Crippen molar-refractivity contribution in [2.75, 3.05) is 5.43 Å². The predicted molar refractivity (Wildman–Crippen MR) is 46.0 cm³/mol. The number of hydrogen-bond donors (Lipinski definition) is 1. The van der Waals surface area contributed by atoms with Gasteiger partial charge in [0.25, 0.3) is 0 Å². The molecule has 2 heterocycles. The minimum atomic E-state index is 0. The molecule has 0 amide bonds. The van der Waals surface area contributed by atoms with Crippen LogP contribution in [-0.2, 0) is 0 Å². The third kappa shape index (κ3) is 0.714. The lowest BCUT2D eigenvalue weighted by molar-refractivity contribution is 1.31. The third-order valence-corrected chi connectivity index (χ3v) is 1.72. The fourth-order valence-corrected chi connectivity index (χ4v) is 1.19. The molecule has 0 saturated heterocycles. The van der Waals surface area contributed by atoms with Crippen LogP contribution < -0.4 is 5.43 Å². The summed E-state index contributed by atoms with van der Waals surface area (Å²) < 4.78 is 1.97. The lowest BCUT2D eigenvalue weighted by atomic mass is 10.3. The Labute approximate surface area is 69.4 Å². The molecule has 3 rings (SSSR count). The van der Waals surface area contributed by atoms with Gasteiger partial charge in [0.15, 0.2) is 0 Å². The number of halogens is 1. The molecule has 56 valence electrons. The molecule has 1 N–H and O–H groups in total. The minimum Gasteiger partial charge on any atom is -0.258 e. The maximum atomic E-state index is 4.26. The number of imidazole rings is 1. The van der Waals surface area contributed by atoms with Crippen molar-refractivity contribution in [3.05, 3.63) is 24.3 Å². The van der Waals surface area contributed by atoms with E-state index in [1.54, 1.807) is 0 Å². The first-order valence-electron chi connectivity index (χ1n) is 3.20. The van der Waals surface area contributed by atoms with E-state index in [0.29, 0.717) is 0 Å². The van der Waals surface area contributed by atoms with E-state index in [1.807, 2.05) is 28.9 Å². The van der Waals surface area contributed by atoms with E-state index < -0.39 is 0 Å². The monoisotopic (exact) mass is 167 g/mol. The van der Waals surface area contributed by atoms with Crippen LogP contribution >= 0.6 is 12.4 Å². The van der Waals surface area contributed by atoms with Gasteiger partial charge in [0.1, 0.15) is 0 Å². The highest BCUT2D eigenvalue weighted by atomic mass is 35.5. The molecule has 0 saturated carbocycles. The fourth-order valence-electron chi connectivity index (χ4n) is 1.19. The molecule has 4 heteroatoms. The zero-order chi connectivity index (χ0) is 6.55. The van der Waals surface area contributed by atoms with Crippen LogP contribution in [0, 0.1) is 0 Å². The molecule has 0 atom stereocenters. The van der Waals surface area contributed by atoms with Gasteiger partial charge in [-0.1, -0.05) is 12.1 Å². The van der Waals surface area contributed by atoms with E-state index >= 15 is 0 Å². The first kappa shape index (κ1) is 6.49. The maximum Gasteiger partial charge on any atom is 0.243 e. The van der Waals surface area contributed by atoms with Crippen LogP contribution in [0.3, 0.4) is 0 Å². The number of para-hydroxylation sites is 2. The molecule has 0 fully saturated rings. The number of aromatic nitrogens is 2. The van der Waals surface area contributed by atoms with Gasteiger partial charge in [0.2, 0.25) is 5.95 Å². The molecule has 1 aromatic heterocycles. The molecule has 1 aromatic carbocycles. The van der Waals surface area contributed by atoms with Crippen LogP contribution in [0.1, 0.15) is 0 Å². The molecular formula is C7H6ClN3. The Morgan fingerprint density at radius 2 is 2.09 bits per heavy atom. The SMILES string of the molecule is Cl.c1ccc2c(c1)nc1n2N1. The molecule has 0 radical (unpaired) electrons. The van der Waals surface area contributed by atoms with Gasteiger partial charge in [-0.15, -0.1) is 12.4 Å². The maximum absolute atomic E-state index is 4.26. The molecule has 0 unspecified atom stereocenters. The first-order chi connectivity index (χ1) is 4.95. The second kappa shape index (κ2) is 1.89. The Bertz CT molecular complexity index is 407. The Hall–Kier alpha value is -1.22. The number of fused-ring (bicyclic) bond motifs is 3. The van der Waals surface area contributed by atoms with Crippen LogP contribution in [0.15, 0.2) is 24.3 Å². The first-order valence-corrected chi connectivity index (χ1v) is 3.20. The minimum absolute atomic E-state index is 0. The van der Waals surface area contributed by atoms with Crippen LogP contribution in [-0.4, -0.2) is 9.66 Å². The van der Waals surface area contributed by atoms with Gasteiger partial charge >= 0.3 is 0 Å². The topological polar surface area (TPSA) is 39.8 Å². The Balaban J connectivity index is 0.000000480. The summed E-state index contributed by atoms with van der Waals surface area (Å²) in [6, 6.07) is 8.06. The Morgan fingerprint density at radius 3 is 2.91 bits per heavy atom. The van der Waals surface area contributed by atoms with Gasteiger partial charge in [-0.25, -0.2) is 9.66 Å². The summed E-state index contributed by atoms with van der Waals surface area (Å²) in [4.78, 5) is 4.26. The van der Waals surface area contributed by atoms with Gasteiger partial charge in [0, 0.05) is 0 Å². The summed E-state index contributed by atoms with van der Waals surface area (Å²) in [7, 11) is 0. The van der Waals surface area contributed by atoms with Gasteiger partial charge < -0.3 is 0 Å². The number of benzene rings is 1. The van der Waals surface area contributed by atoms with Gasteiger partial charge in [-0.3, -0.25) is 5.43 Å². The number of nitrogens with one attached hydrogen (secondary N) is 1. The van der Waals surface area contributed by atoms with Crippen molar-refractivity contribution in [1.29, 1.82) is 0 Å². The van der Waals surface area contributed by atoms with Crippen molar-refractivity contribution in [3.8, 4) is 0 Å². The number of hydrogen-bond acceptors (Lipinski definition) is 2. The van der Waals surface area contributed by atoms with E-state index in [2.05, 4.69) is 10.4 Å². The normalized spacial score (nSPS) is 11.6. The lowest BCUT2D eigenvalue weighted by Gasteiger charge is -1.86. The van der Waals surface area contributed by atoms with Crippen LogP contribution in [0.25, 0.3) is 11.0 Å². The summed E-state index contributed by atoms with van der Waals surface area (Å²) in [5.41, 5.74) is 5.24.